The van der Waals surface area contributed by atoms with Crippen molar-refractivity contribution in [3.8, 4) is 0 Å². The molecule has 0 aromatic heterocycles. The van der Waals surface area contributed by atoms with E-state index in [-0.39, 0.29) is 5.78 Å². The van der Waals surface area contributed by atoms with Crippen LogP contribution in [0.5, 0.6) is 0 Å². The topological polar surface area (TPSA) is 34.1 Å². The average Bonchev–Trinajstić information content (AvgIpc) is 2.27. The summed E-state index contributed by atoms with van der Waals surface area (Å²) < 4.78 is 11.5. The van der Waals surface area contributed by atoms with E-state index >= 15 is 0 Å². The molecular formula is C11H20O2S2. The molecule has 4 heteroatoms. The fraction of sp³-hybridized carbons (Fsp3) is 0.909. The number of carbonyl (C=O) groups is 1. The maximum atomic E-state index is 12.1. The average molecular weight is 248 g/mol. The minimum absolute atomic E-state index is 0.194. The van der Waals surface area contributed by atoms with E-state index in [2.05, 4.69) is 6.92 Å². The van der Waals surface area contributed by atoms with E-state index < -0.39 is 14.9 Å². The third kappa shape index (κ3) is 2.84. The molecule has 0 spiro atoms. The molecular weight excluding hydrogens is 228 g/mol. The van der Waals surface area contributed by atoms with Crippen molar-refractivity contribution in [3.63, 3.8) is 0 Å². The molecule has 0 saturated carbocycles. The van der Waals surface area contributed by atoms with Gasteiger partial charge in [-0.3, -0.25) is 9.00 Å². The molecule has 2 nitrogen and oxygen atoms in total. The van der Waals surface area contributed by atoms with Crippen LogP contribution in [0, 0.1) is 0 Å². The van der Waals surface area contributed by atoms with Crippen LogP contribution in [0.1, 0.15) is 46.0 Å². The van der Waals surface area contributed by atoms with Crippen molar-refractivity contribution in [1.29, 1.82) is 0 Å². The Kier molecular flexibility index (Phi) is 5.33. The lowest BCUT2D eigenvalue weighted by Crippen LogP contribution is -2.43. The second-order valence-electron chi connectivity index (χ2n) is 3.88. The summed E-state index contributed by atoms with van der Waals surface area (Å²) in [5, 5.41) is 0. The first-order chi connectivity index (χ1) is 7.17. The predicted molar refractivity (Wildman–Crippen MR) is 67.6 cm³/mol. The Labute approximate surface area is 99.0 Å². The molecule has 1 saturated heterocycles. The van der Waals surface area contributed by atoms with Gasteiger partial charge in [-0.15, -0.1) is 11.8 Å². The van der Waals surface area contributed by atoms with Gasteiger partial charge >= 0.3 is 0 Å². The van der Waals surface area contributed by atoms with Gasteiger partial charge in [0, 0.05) is 23.0 Å². The summed E-state index contributed by atoms with van der Waals surface area (Å²) in [6, 6.07) is 0. The molecule has 1 aliphatic heterocycles. The van der Waals surface area contributed by atoms with Crippen LogP contribution < -0.4 is 0 Å². The summed E-state index contributed by atoms with van der Waals surface area (Å²) >= 11 is 1.64. The molecule has 1 heterocycles. The fourth-order valence-electron chi connectivity index (χ4n) is 1.87. The van der Waals surface area contributed by atoms with E-state index in [1.54, 1.807) is 11.8 Å². The summed E-state index contributed by atoms with van der Waals surface area (Å²) in [6.07, 6.45) is 4.37. The minimum Gasteiger partial charge on any atom is -0.297 e. The first-order valence-electron chi connectivity index (χ1n) is 5.73. The summed E-state index contributed by atoms with van der Waals surface area (Å²) in [4.78, 5) is 12.0. The lowest BCUT2D eigenvalue weighted by atomic mass is 10.1. The Morgan fingerprint density at radius 3 is 2.73 bits per heavy atom. The van der Waals surface area contributed by atoms with Crippen molar-refractivity contribution < 1.29 is 9.00 Å². The van der Waals surface area contributed by atoms with Crippen molar-refractivity contribution in [2.45, 2.75) is 50.0 Å². The summed E-state index contributed by atoms with van der Waals surface area (Å²) in [7, 11) is -0.955. The van der Waals surface area contributed by atoms with Crippen LogP contribution in [-0.4, -0.2) is 25.6 Å². The van der Waals surface area contributed by atoms with Crippen molar-refractivity contribution in [2.24, 2.45) is 0 Å². The number of carbonyl (C=O) groups excluding carboxylic acids is 1. The van der Waals surface area contributed by atoms with Crippen LogP contribution in [0.15, 0.2) is 0 Å². The second-order valence-corrected chi connectivity index (χ2v) is 7.33. The molecule has 0 unspecified atom stereocenters. The molecule has 0 radical (unpaired) electrons. The summed E-state index contributed by atoms with van der Waals surface area (Å²) in [5.74, 6) is 1.89. The van der Waals surface area contributed by atoms with Crippen molar-refractivity contribution in [2.75, 3.05) is 11.5 Å². The zero-order valence-electron chi connectivity index (χ0n) is 9.58. The first-order valence-corrected chi connectivity index (χ1v) is 8.03. The van der Waals surface area contributed by atoms with Crippen molar-refractivity contribution in [1.82, 2.24) is 0 Å². The van der Waals surface area contributed by atoms with E-state index in [9.17, 15) is 9.00 Å². The zero-order valence-corrected chi connectivity index (χ0v) is 11.2. The SMILES string of the molecule is CCCC[C@]1(C(=O)CC)SCCC[S@]1=O. The van der Waals surface area contributed by atoms with Crippen molar-refractivity contribution >= 4 is 28.3 Å². The molecule has 1 rings (SSSR count). The van der Waals surface area contributed by atoms with Crippen LogP contribution in [0.4, 0.5) is 0 Å². The number of rotatable bonds is 5. The van der Waals surface area contributed by atoms with Crippen LogP contribution in [0.3, 0.4) is 0 Å². The molecule has 0 N–H and O–H groups in total. The van der Waals surface area contributed by atoms with Crippen LogP contribution in [-0.2, 0) is 15.6 Å². The highest BCUT2D eigenvalue weighted by Gasteiger charge is 2.44. The van der Waals surface area contributed by atoms with Gasteiger partial charge in [0.1, 0.15) is 4.08 Å². The minimum atomic E-state index is -0.955. The summed E-state index contributed by atoms with van der Waals surface area (Å²) in [6.45, 7) is 3.99. The lowest BCUT2D eigenvalue weighted by Gasteiger charge is -2.34. The van der Waals surface area contributed by atoms with Crippen molar-refractivity contribution in [3.05, 3.63) is 0 Å². The van der Waals surface area contributed by atoms with E-state index in [1.807, 2.05) is 6.92 Å². The van der Waals surface area contributed by atoms with Gasteiger partial charge in [0.15, 0.2) is 5.78 Å². The Bertz CT molecular complexity index is 243. The van der Waals surface area contributed by atoms with Gasteiger partial charge < -0.3 is 0 Å². The Hall–Kier alpha value is 0.170. The molecule has 88 valence electrons. The highest BCUT2D eigenvalue weighted by molar-refractivity contribution is 8.14. The third-order valence-electron chi connectivity index (χ3n) is 2.78. The molecule has 0 bridgehead atoms. The predicted octanol–water partition coefficient (Wildman–Crippen LogP) is 2.74. The van der Waals surface area contributed by atoms with Gasteiger partial charge in [-0.1, -0.05) is 26.7 Å². The van der Waals surface area contributed by atoms with Gasteiger partial charge in [0.05, 0.1) is 0 Å². The molecule has 15 heavy (non-hydrogen) atoms. The molecule has 2 atom stereocenters. The zero-order chi connectivity index (χ0) is 11.3. The number of ketones is 1. The molecule has 1 fully saturated rings. The summed E-state index contributed by atoms with van der Waals surface area (Å²) in [5.41, 5.74) is 0. The van der Waals surface area contributed by atoms with E-state index in [4.69, 9.17) is 0 Å². The highest BCUT2D eigenvalue weighted by atomic mass is 32.2. The number of hydrogen-bond acceptors (Lipinski definition) is 3. The largest absolute Gasteiger partial charge is 0.297 e. The number of hydrogen-bond donors (Lipinski definition) is 0. The van der Waals surface area contributed by atoms with Gasteiger partial charge in [-0.2, -0.15) is 0 Å². The number of Topliss-reactive ketones (excluding diaryl/α,β-unsaturated/α-hetero) is 1. The monoisotopic (exact) mass is 248 g/mol. The van der Waals surface area contributed by atoms with Gasteiger partial charge in [-0.25, -0.2) is 0 Å². The number of unbranched alkanes of at least 4 members (excludes halogenated alkanes) is 1. The Morgan fingerprint density at radius 1 is 1.47 bits per heavy atom. The maximum Gasteiger partial charge on any atom is 0.161 e. The van der Waals surface area contributed by atoms with Crippen LogP contribution in [0.2, 0.25) is 0 Å². The fourth-order valence-corrected chi connectivity index (χ4v) is 5.80. The standard InChI is InChI=1S/C11H20O2S2/c1-3-5-7-11(10(12)4-2)14-8-6-9-15(11)13/h3-9H2,1-2H3/t11-,15+/m0/s1. The maximum absolute atomic E-state index is 12.1. The quantitative estimate of drug-likeness (QED) is 0.750. The molecule has 0 aliphatic carbocycles. The van der Waals surface area contributed by atoms with Crippen LogP contribution >= 0.6 is 11.8 Å². The van der Waals surface area contributed by atoms with E-state index in [0.717, 1.165) is 31.4 Å². The van der Waals surface area contributed by atoms with Gasteiger partial charge in [0.2, 0.25) is 0 Å². The molecule has 0 aromatic rings. The lowest BCUT2D eigenvalue weighted by molar-refractivity contribution is -0.119. The third-order valence-corrected chi connectivity index (χ3v) is 6.91. The van der Waals surface area contributed by atoms with E-state index in [1.165, 1.54) is 0 Å². The van der Waals surface area contributed by atoms with Gasteiger partial charge in [-0.05, 0) is 18.6 Å². The smallest absolute Gasteiger partial charge is 0.161 e. The Morgan fingerprint density at radius 2 is 2.20 bits per heavy atom. The molecule has 1 aliphatic rings. The normalized spacial score (nSPS) is 31.5. The Balaban J connectivity index is 2.82. The van der Waals surface area contributed by atoms with E-state index in [0.29, 0.717) is 12.2 Å². The second kappa shape index (κ2) is 6.04. The molecule has 0 amide bonds. The van der Waals surface area contributed by atoms with Gasteiger partial charge in [0.25, 0.3) is 0 Å². The van der Waals surface area contributed by atoms with Crippen LogP contribution in [0.25, 0.3) is 0 Å². The number of thioether (sulfide) groups is 1. The highest BCUT2D eigenvalue weighted by Crippen LogP contribution is 2.40. The molecule has 0 aromatic carbocycles. The first kappa shape index (κ1) is 13.2.